The zero-order valence-electron chi connectivity index (χ0n) is 12.5. The highest BCUT2D eigenvalue weighted by Crippen LogP contribution is 2.20. The molecule has 106 valence electrons. The Morgan fingerprint density at radius 2 is 1.89 bits per heavy atom. The molecule has 1 saturated heterocycles. The summed E-state index contributed by atoms with van der Waals surface area (Å²) in [5, 5.41) is 0. The van der Waals surface area contributed by atoms with E-state index in [-0.39, 0.29) is 0 Å². The van der Waals surface area contributed by atoms with E-state index in [4.69, 9.17) is 5.73 Å². The van der Waals surface area contributed by atoms with Crippen molar-refractivity contribution in [2.75, 3.05) is 39.5 Å². The lowest BCUT2D eigenvalue weighted by molar-refractivity contribution is 0.251. The number of nitrogens with zero attached hydrogens (tertiary/aromatic N) is 2. The summed E-state index contributed by atoms with van der Waals surface area (Å²) in [6, 6.07) is 9.00. The van der Waals surface area contributed by atoms with E-state index < -0.39 is 0 Å². The molecule has 2 rings (SSSR count). The fourth-order valence-corrected chi connectivity index (χ4v) is 3.09. The van der Waals surface area contributed by atoms with Crippen LogP contribution in [0.5, 0.6) is 0 Å². The number of benzene rings is 1. The van der Waals surface area contributed by atoms with Gasteiger partial charge in [0.15, 0.2) is 0 Å². The van der Waals surface area contributed by atoms with Crippen molar-refractivity contribution in [3.63, 3.8) is 0 Å². The topological polar surface area (TPSA) is 32.5 Å². The molecule has 19 heavy (non-hydrogen) atoms. The van der Waals surface area contributed by atoms with E-state index in [1.165, 1.54) is 31.6 Å². The first-order valence-electron chi connectivity index (χ1n) is 7.29. The fourth-order valence-electron chi connectivity index (χ4n) is 3.09. The molecular weight excluding hydrogens is 234 g/mol. The predicted octanol–water partition coefficient (Wildman–Crippen LogP) is 2.08. The average Bonchev–Trinajstić information content (AvgIpc) is 2.73. The molecule has 1 aliphatic heterocycles. The summed E-state index contributed by atoms with van der Waals surface area (Å²) in [4.78, 5) is 4.97. The standard InChI is InChI=1S/C16H27N3/c1-13-11-19(12-16(13)18(2)3)10-4-5-14-6-8-15(17)9-7-14/h6-9,13,16H,4-5,10-12,17H2,1-3H3. The number of likely N-dealkylation sites (N-methyl/N-ethyl adjacent to an activating group) is 1. The molecule has 1 aromatic carbocycles. The lowest BCUT2D eigenvalue weighted by Gasteiger charge is -2.22. The SMILES string of the molecule is CC1CN(CCCc2ccc(N)cc2)CC1N(C)C. The van der Waals surface area contributed by atoms with E-state index in [1.54, 1.807) is 0 Å². The number of anilines is 1. The molecule has 1 fully saturated rings. The summed E-state index contributed by atoms with van der Waals surface area (Å²) < 4.78 is 0. The highest BCUT2D eigenvalue weighted by molar-refractivity contribution is 5.39. The second-order valence-electron chi connectivity index (χ2n) is 6.11. The Labute approximate surface area is 117 Å². The number of hydrogen-bond acceptors (Lipinski definition) is 3. The van der Waals surface area contributed by atoms with Gasteiger partial charge in [0.1, 0.15) is 0 Å². The minimum Gasteiger partial charge on any atom is -0.399 e. The number of hydrogen-bond donors (Lipinski definition) is 1. The van der Waals surface area contributed by atoms with Crippen LogP contribution in [0, 0.1) is 5.92 Å². The second-order valence-corrected chi connectivity index (χ2v) is 6.11. The molecule has 0 aliphatic carbocycles. The number of rotatable bonds is 5. The molecular formula is C16H27N3. The lowest BCUT2D eigenvalue weighted by atomic mass is 10.1. The molecule has 2 atom stereocenters. The smallest absolute Gasteiger partial charge is 0.0314 e. The summed E-state index contributed by atoms with van der Waals surface area (Å²) in [6.45, 7) is 6.03. The van der Waals surface area contributed by atoms with Gasteiger partial charge in [-0.15, -0.1) is 0 Å². The molecule has 3 nitrogen and oxygen atoms in total. The molecule has 0 saturated carbocycles. The Bertz CT molecular complexity index is 385. The van der Waals surface area contributed by atoms with Crippen LogP contribution in [-0.2, 0) is 6.42 Å². The first-order chi connectivity index (χ1) is 9.06. The molecule has 0 radical (unpaired) electrons. The Morgan fingerprint density at radius 3 is 2.47 bits per heavy atom. The van der Waals surface area contributed by atoms with Crippen molar-refractivity contribution < 1.29 is 0 Å². The highest BCUT2D eigenvalue weighted by atomic mass is 15.2. The van der Waals surface area contributed by atoms with Gasteiger partial charge in [-0.1, -0.05) is 19.1 Å². The zero-order valence-corrected chi connectivity index (χ0v) is 12.5. The number of aryl methyl sites for hydroxylation is 1. The van der Waals surface area contributed by atoms with Gasteiger partial charge in [-0.05, 0) is 57.1 Å². The van der Waals surface area contributed by atoms with Gasteiger partial charge in [0.25, 0.3) is 0 Å². The van der Waals surface area contributed by atoms with Crippen molar-refractivity contribution >= 4 is 5.69 Å². The molecule has 0 aromatic heterocycles. The van der Waals surface area contributed by atoms with E-state index in [9.17, 15) is 0 Å². The molecule has 0 bridgehead atoms. The molecule has 3 heteroatoms. The third kappa shape index (κ3) is 3.95. The first-order valence-corrected chi connectivity index (χ1v) is 7.29. The van der Waals surface area contributed by atoms with Crippen LogP contribution in [0.1, 0.15) is 18.9 Å². The van der Waals surface area contributed by atoms with Crippen LogP contribution in [0.4, 0.5) is 5.69 Å². The normalized spacial score (nSPS) is 24.2. The minimum atomic E-state index is 0.719. The minimum absolute atomic E-state index is 0.719. The maximum absolute atomic E-state index is 5.70. The quantitative estimate of drug-likeness (QED) is 0.824. The zero-order chi connectivity index (χ0) is 13.8. The van der Waals surface area contributed by atoms with Crippen LogP contribution in [0.15, 0.2) is 24.3 Å². The van der Waals surface area contributed by atoms with Crippen molar-refractivity contribution in [2.24, 2.45) is 5.92 Å². The Morgan fingerprint density at radius 1 is 1.21 bits per heavy atom. The number of nitrogen functional groups attached to an aromatic ring is 1. The fraction of sp³-hybridized carbons (Fsp3) is 0.625. The van der Waals surface area contributed by atoms with Gasteiger partial charge in [0.2, 0.25) is 0 Å². The van der Waals surface area contributed by atoms with Crippen molar-refractivity contribution in [3.05, 3.63) is 29.8 Å². The first kappa shape index (κ1) is 14.4. The molecule has 2 unspecified atom stereocenters. The summed E-state index contributed by atoms with van der Waals surface area (Å²) in [6.07, 6.45) is 2.38. The van der Waals surface area contributed by atoms with E-state index in [0.717, 1.165) is 24.1 Å². The Hall–Kier alpha value is -1.06. The molecule has 0 amide bonds. The van der Waals surface area contributed by atoms with Crippen molar-refractivity contribution in [1.29, 1.82) is 0 Å². The van der Waals surface area contributed by atoms with E-state index in [1.807, 2.05) is 12.1 Å². The molecule has 0 spiro atoms. The van der Waals surface area contributed by atoms with Crippen LogP contribution in [0.25, 0.3) is 0 Å². The van der Waals surface area contributed by atoms with E-state index in [2.05, 4.69) is 43.0 Å². The maximum Gasteiger partial charge on any atom is 0.0314 e. The van der Waals surface area contributed by atoms with E-state index in [0.29, 0.717) is 0 Å². The molecule has 2 N–H and O–H groups in total. The third-order valence-electron chi connectivity index (χ3n) is 4.23. The van der Waals surface area contributed by atoms with Gasteiger partial charge in [-0.25, -0.2) is 0 Å². The molecule has 1 heterocycles. The summed E-state index contributed by atoms with van der Waals surface area (Å²) >= 11 is 0. The molecule has 1 aromatic rings. The van der Waals surface area contributed by atoms with Crippen LogP contribution in [0.2, 0.25) is 0 Å². The van der Waals surface area contributed by atoms with Crippen LogP contribution in [0.3, 0.4) is 0 Å². The summed E-state index contributed by atoms with van der Waals surface area (Å²) in [5.74, 6) is 0.784. The van der Waals surface area contributed by atoms with Gasteiger partial charge in [-0.3, -0.25) is 0 Å². The number of nitrogens with two attached hydrogens (primary N) is 1. The van der Waals surface area contributed by atoms with Gasteiger partial charge >= 0.3 is 0 Å². The van der Waals surface area contributed by atoms with Gasteiger partial charge in [0, 0.05) is 24.8 Å². The predicted molar refractivity (Wildman–Crippen MR) is 82.3 cm³/mol. The second kappa shape index (κ2) is 6.40. The van der Waals surface area contributed by atoms with Crippen molar-refractivity contribution in [1.82, 2.24) is 9.80 Å². The average molecular weight is 261 g/mol. The highest BCUT2D eigenvalue weighted by Gasteiger charge is 2.30. The Balaban J connectivity index is 1.73. The molecule has 1 aliphatic rings. The third-order valence-corrected chi connectivity index (χ3v) is 4.23. The number of likely N-dealkylation sites (tertiary alicyclic amines) is 1. The largest absolute Gasteiger partial charge is 0.399 e. The Kier molecular flexibility index (Phi) is 4.83. The summed E-state index contributed by atoms with van der Waals surface area (Å²) in [5.41, 5.74) is 7.95. The monoisotopic (exact) mass is 261 g/mol. The maximum atomic E-state index is 5.70. The van der Waals surface area contributed by atoms with Gasteiger partial charge < -0.3 is 15.5 Å². The summed E-state index contributed by atoms with van der Waals surface area (Å²) in [7, 11) is 4.39. The van der Waals surface area contributed by atoms with Crippen LogP contribution < -0.4 is 5.73 Å². The van der Waals surface area contributed by atoms with Gasteiger partial charge in [0.05, 0.1) is 0 Å². The lowest BCUT2D eigenvalue weighted by Crippen LogP contribution is -2.34. The van der Waals surface area contributed by atoms with Crippen LogP contribution in [-0.4, -0.2) is 49.6 Å². The van der Waals surface area contributed by atoms with E-state index >= 15 is 0 Å². The van der Waals surface area contributed by atoms with Crippen molar-refractivity contribution in [3.8, 4) is 0 Å². The van der Waals surface area contributed by atoms with Crippen molar-refractivity contribution in [2.45, 2.75) is 25.8 Å². The van der Waals surface area contributed by atoms with Crippen LogP contribution >= 0.6 is 0 Å². The van der Waals surface area contributed by atoms with Gasteiger partial charge in [-0.2, -0.15) is 0 Å².